The molecule has 16 heavy (non-hydrogen) atoms. The third kappa shape index (κ3) is 3.09. The second kappa shape index (κ2) is 5.69. The molecular formula is C14H20O2. The van der Waals surface area contributed by atoms with E-state index in [9.17, 15) is 4.79 Å². The Kier molecular flexibility index (Phi) is 4.53. The van der Waals surface area contributed by atoms with E-state index in [0.717, 1.165) is 41.7 Å². The number of carbonyl (C=O) groups excluding carboxylic acids is 1. The molecule has 0 atom stereocenters. The molecule has 0 aromatic heterocycles. The van der Waals surface area contributed by atoms with Crippen molar-refractivity contribution in [3.8, 4) is 5.75 Å². The number of benzene rings is 1. The second-order valence-corrected chi connectivity index (χ2v) is 4.19. The molecule has 0 aliphatic heterocycles. The van der Waals surface area contributed by atoms with Gasteiger partial charge in [-0.2, -0.15) is 0 Å². The van der Waals surface area contributed by atoms with Crippen LogP contribution in [0.5, 0.6) is 5.75 Å². The van der Waals surface area contributed by atoms with Gasteiger partial charge < -0.3 is 4.74 Å². The largest absolute Gasteiger partial charge is 0.426 e. The highest BCUT2D eigenvalue weighted by molar-refractivity contribution is 5.70. The van der Waals surface area contributed by atoms with Crippen LogP contribution >= 0.6 is 0 Å². The van der Waals surface area contributed by atoms with Crippen molar-refractivity contribution in [2.75, 3.05) is 0 Å². The summed E-state index contributed by atoms with van der Waals surface area (Å²) in [5, 5.41) is 0. The summed E-state index contributed by atoms with van der Waals surface area (Å²) in [6, 6.07) is 4.16. The maximum atomic E-state index is 11.1. The van der Waals surface area contributed by atoms with Crippen molar-refractivity contribution in [3.05, 3.63) is 28.8 Å². The molecule has 1 aromatic rings. The maximum Gasteiger partial charge on any atom is 0.308 e. The molecule has 0 amide bonds. The van der Waals surface area contributed by atoms with Crippen molar-refractivity contribution in [2.45, 2.75) is 47.0 Å². The molecular weight excluding hydrogens is 200 g/mol. The number of hydrogen-bond acceptors (Lipinski definition) is 2. The predicted molar refractivity (Wildman–Crippen MR) is 65.8 cm³/mol. The van der Waals surface area contributed by atoms with Gasteiger partial charge >= 0.3 is 5.97 Å². The van der Waals surface area contributed by atoms with Gasteiger partial charge in [-0.25, -0.2) is 0 Å². The summed E-state index contributed by atoms with van der Waals surface area (Å²) in [6.07, 6.45) is 3.24. The number of ether oxygens (including phenoxy) is 1. The van der Waals surface area contributed by atoms with Gasteiger partial charge in [-0.05, 0) is 43.4 Å². The van der Waals surface area contributed by atoms with E-state index in [4.69, 9.17) is 4.74 Å². The minimum absolute atomic E-state index is 0.244. The summed E-state index contributed by atoms with van der Waals surface area (Å²) in [6.45, 7) is 7.65. The molecule has 0 aliphatic rings. The number of rotatable bonds is 4. The Morgan fingerprint density at radius 1 is 1.31 bits per heavy atom. The van der Waals surface area contributed by atoms with Crippen LogP contribution in [0.2, 0.25) is 0 Å². The monoisotopic (exact) mass is 220 g/mol. The number of carbonyl (C=O) groups is 1. The smallest absolute Gasteiger partial charge is 0.308 e. The lowest BCUT2D eigenvalue weighted by Crippen LogP contribution is -2.06. The summed E-state index contributed by atoms with van der Waals surface area (Å²) in [4.78, 5) is 11.1. The van der Waals surface area contributed by atoms with E-state index < -0.39 is 0 Å². The highest BCUT2D eigenvalue weighted by Gasteiger charge is 2.11. The molecule has 0 heterocycles. The van der Waals surface area contributed by atoms with Crippen LogP contribution in [0.1, 0.15) is 43.4 Å². The number of unbranched alkanes of at least 4 members (excludes halogenated alkanes) is 1. The molecule has 0 saturated heterocycles. The zero-order valence-electron chi connectivity index (χ0n) is 10.6. The van der Waals surface area contributed by atoms with Gasteiger partial charge in [0.2, 0.25) is 0 Å². The van der Waals surface area contributed by atoms with Gasteiger partial charge in [0.1, 0.15) is 5.75 Å². The van der Waals surface area contributed by atoms with Crippen LogP contribution in [0.15, 0.2) is 12.1 Å². The first-order valence-electron chi connectivity index (χ1n) is 5.83. The number of aryl methyl sites for hydroxylation is 2. The van der Waals surface area contributed by atoms with E-state index in [1.165, 1.54) is 6.92 Å². The summed E-state index contributed by atoms with van der Waals surface area (Å²) >= 11 is 0. The van der Waals surface area contributed by atoms with Gasteiger partial charge in [0.15, 0.2) is 0 Å². The fourth-order valence-corrected chi connectivity index (χ4v) is 1.70. The first kappa shape index (κ1) is 12.8. The standard InChI is InChI=1S/C14H20O2/c1-5-6-7-13-9-8-10(2)11(3)14(13)16-12(4)15/h8-9H,5-7H2,1-4H3. The van der Waals surface area contributed by atoms with Gasteiger partial charge in [0.05, 0.1) is 0 Å². The SMILES string of the molecule is CCCCc1ccc(C)c(C)c1OC(C)=O. The van der Waals surface area contributed by atoms with Crippen molar-refractivity contribution < 1.29 is 9.53 Å². The lowest BCUT2D eigenvalue weighted by Gasteiger charge is -2.13. The summed E-state index contributed by atoms with van der Waals surface area (Å²) in [5.74, 6) is 0.521. The molecule has 0 fully saturated rings. The average Bonchev–Trinajstić information content (AvgIpc) is 2.23. The lowest BCUT2D eigenvalue weighted by atomic mass is 10.0. The van der Waals surface area contributed by atoms with Crippen molar-refractivity contribution in [1.82, 2.24) is 0 Å². The Morgan fingerprint density at radius 2 is 2.00 bits per heavy atom. The van der Waals surface area contributed by atoms with Crippen LogP contribution in [0.4, 0.5) is 0 Å². The topological polar surface area (TPSA) is 26.3 Å². The molecule has 0 N–H and O–H groups in total. The quantitative estimate of drug-likeness (QED) is 0.572. The third-order valence-electron chi connectivity index (χ3n) is 2.80. The van der Waals surface area contributed by atoms with Crippen LogP contribution in [-0.4, -0.2) is 5.97 Å². The highest BCUT2D eigenvalue weighted by atomic mass is 16.5. The first-order valence-corrected chi connectivity index (χ1v) is 5.83. The van der Waals surface area contributed by atoms with Crippen molar-refractivity contribution in [3.63, 3.8) is 0 Å². The zero-order valence-corrected chi connectivity index (χ0v) is 10.6. The molecule has 0 spiro atoms. The fourth-order valence-electron chi connectivity index (χ4n) is 1.70. The lowest BCUT2D eigenvalue weighted by molar-refractivity contribution is -0.131. The van der Waals surface area contributed by atoms with Crippen LogP contribution in [0.3, 0.4) is 0 Å². The van der Waals surface area contributed by atoms with Crippen molar-refractivity contribution in [2.24, 2.45) is 0 Å². The molecule has 0 aliphatic carbocycles. The van der Waals surface area contributed by atoms with Gasteiger partial charge in [-0.15, -0.1) is 0 Å². The molecule has 88 valence electrons. The summed E-state index contributed by atoms with van der Waals surface area (Å²) < 4.78 is 5.32. The molecule has 0 bridgehead atoms. The van der Waals surface area contributed by atoms with Gasteiger partial charge in [0, 0.05) is 6.92 Å². The van der Waals surface area contributed by atoms with Crippen LogP contribution in [0, 0.1) is 13.8 Å². The van der Waals surface area contributed by atoms with Gasteiger partial charge in [0.25, 0.3) is 0 Å². The van der Waals surface area contributed by atoms with Crippen LogP contribution in [-0.2, 0) is 11.2 Å². The van der Waals surface area contributed by atoms with Crippen LogP contribution in [0.25, 0.3) is 0 Å². The molecule has 0 saturated carbocycles. The zero-order chi connectivity index (χ0) is 12.1. The minimum Gasteiger partial charge on any atom is -0.426 e. The Balaban J connectivity index is 3.05. The second-order valence-electron chi connectivity index (χ2n) is 4.19. The van der Waals surface area contributed by atoms with Gasteiger partial charge in [-0.1, -0.05) is 25.5 Å². The Morgan fingerprint density at radius 3 is 2.56 bits per heavy atom. The average molecular weight is 220 g/mol. The summed E-state index contributed by atoms with van der Waals surface area (Å²) in [5.41, 5.74) is 3.38. The molecule has 2 nitrogen and oxygen atoms in total. The Hall–Kier alpha value is -1.31. The Labute approximate surface area is 97.6 Å². The van der Waals surface area contributed by atoms with E-state index >= 15 is 0 Å². The third-order valence-corrected chi connectivity index (χ3v) is 2.80. The van der Waals surface area contributed by atoms with Crippen LogP contribution < -0.4 is 4.74 Å². The first-order chi connectivity index (χ1) is 7.56. The number of esters is 1. The molecule has 0 radical (unpaired) electrons. The predicted octanol–water partition coefficient (Wildman–Crippen LogP) is 3.57. The van der Waals surface area contributed by atoms with E-state index in [2.05, 4.69) is 19.1 Å². The number of hydrogen-bond donors (Lipinski definition) is 0. The van der Waals surface area contributed by atoms with E-state index in [-0.39, 0.29) is 5.97 Å². The Bertz CT molecular complexity index is 381. The van der Waals surface area contributed by atoms with E-state index in [0.29, 0.717) is 0 Å². The summed E-state index contributed by atoms with van der Waals surface area (Å²) in [7, 11) is 0. The molecule has 0 unspecified atom stereocenters. The van der Waals surface area contributed by atoms with E-state index in [1.54, 1.807) is 0 Å². The minimum atomic E-state index is -0.244. The van der Waals surface area contributed by atoms with Gasteiger partial charge in [-0.3, -0.25) is 4.79 Å². The van der Waals surface area contributed by atoms with E-state index in [1.807, 2.05) is 13.8 Å². The maximum absolute atomic E-state index is 11.1. The normalized spacial score (nSPS) is 10.2. The van der Waals surface area contributed by atoms with Crippen molar-refractivity contribution >= 4 is 5.97 Å². The fraction of sp³-hybridized carbons (Fsp3) is 0.500. The highest BCUT2D eigenvalue weighted by Crippen LogP contribution is 2.27. The molecule has 1 aromatic carbocycles. The molecule has 2 heteroatoms. The van der Waals surface area contributed by atoms with Crippen molar-refractivity contribution in [1.29, 1.82) is 0 Å². The molecule has 1 rings (SSSR count).